The minimum Gasteiger partial charge on any atom is -0.462 e. The summed E-state index contributed by atoms with van der Waals surface area (Å²) in [5.41, 5.74) is 1.40. The molecular formula is C23H29ClN4O3. The fraction of sp³-hybridized carbons (Fsp3) is 0.522. The van der Waals surface area contributed by atoms with Crippen molar-refractivity contribution in [1.82, 2.24) is 14.5 Å². The van der Waals surface area contributed by atoms with E-state index in [9.17, 15) is 9.59 Å². The van der Waals surface area contributed by atoms with Crippen LogP contribution in [0.25, 0.3) is 0 Å². The number of aromatic nitrogens is 2. The molecule has 0 radical (unpaired) electrons. The number of amides is 2. The van der Waals surface area contributed by atoms with Crippen molar-refractivity contribution in [2.75, 3.05) is 18.0 Å². The topological polar surface area (TPSA) is 67.7 Å². The van der Waals surface area contributed by atoms with Crippen molar-refractivity contribution < 1.29 is 14.3 Å². The van der Waals surface area contributed by atoms with Crippen molar-refractivity contribution in [1.29, 1.82) is 0 Å². The van der Waals surface area contributed by atoms with Gasteiger partial charge in [0.2, 0.25) is 0 Å². The SMILES string of the molecule is CCCCN1C(=O)c2c(nc(OC(C)C)n2Cc2ccc(Cl)cc2)N2CCC[C@H]2C1=O. The Bertz CT molecular complexity index is 970. The lowest BCUT2D eigenvalue weighted by Crippen LogP contribution is -2.46. The van der Waals surface area contributed by atoms with Crippen LogP contribution in [0.2, 0.25) is 5.02 Å². The molecule has 0 N–H and O–H groups in total. The number of hydrogen-bond acceptors (Lipinski definition) is 5. The van der Waals surface area contributed by atoms with Gasteiger partial charge in [-0.1, -0.05) is 37.1 Å². The predicted octanol–water partition coefficient (Wildman–Crippen LogP) is 4.12. The lowest BCUT2D eigenvalue weighted by atomic mass is 10.2. The minimum atomic E-state index is -0.340. The number of carbonyl (C=O) groups is 2. The molecule has 2 aliphatic rings. The molecule has 8 heteroatoms. The van der Waals surface area contributed by atoms with Crippen molar-refractivity contribution in [3.05, 3.63) is 40.5 Å². The van der Waals surface area contributed by atoms with E-state index in [1.54, 1.807) is 0 Å². The van der Waals surface area contributed by atoms with E-state index in [4.69, 9.17) is 21.3 Å². The van der Waals surface area contributed by atoms with Gasteiger partial charge in [0.1, 0.15) is 6.04 Å². The number of ether oxygens (including phenoxy) is 1. The van der Waals surface area contributed by atoms with Gasteiger partial charge in [-0.05, 0) is 50.8 Å². The smallest absolute Gasteiger partial charge is 0.299 e. The predicted molar refractivity (Wildman–Crippen MR) is 120 cm³/mol. The third-order valence-electron chi connectivity index (χ3n) is 5.77. The number of fused-ring (bicyclic) bond motifs is 3. The lowest BCUT2D eigenvalue weighted by molar-refractivity contribution is -0.129. The molecule has 3 heterocycles. The maximum Gasteiger partial charge on any atom is 0.299 e. The molecule has 0 aliphatic carbocycles. The summed E-state index contributed by atoms with van der Waals surface area (Å²) in [6, 6.07) is 7.56. The first kappa shape index (κ1) is 21.7. The summed E-state index contributed by atoms with van der Waals surface area (Å²) >= 11 is 6.05. The van der Waals surface area contributed by atoms with Gasteiger partial charge >= 0.3 is 0 Å². The van der Waals surface area contributed by atoms with Crippen LogP contribution in [0.4, 0.5) is 5.82 Å². The zero-order valence-electron chi connectivity index (χ0n) is 18.3. The van der Waals surface area contributed by atoms with Crippen molar-refractivity contribution in [3.8, 4) is 6.01 Å². The Morgan fingerprint density at radius 3 is 2.65 bits per heavy atom. The number of benzene rings is 1. The van der Waals surface area contributed by atoms with Crippen molar-refractivity contribution in [2.45, 2.75) is 65.1 Å². The van der Waals surface area contributed by atoms with E-state index in [1.807, 2.05) is 47.6 Å². The number of halogens is 1. The maximum absolute atomic E-state index is 13.7. The molecule has 1 atom stereocenters. The van der Waals surface area contributed by atoms with Gasteiger partial charge in [0.15, 0.2) is 11.5 Å². The van der Waals surface area contributed by atoms with Gasteiger partial charge in [-0.3, -0.25) is 19.1 Å². The fourth-order valence-corrected chi connectivity index (χ4v) is 4.39. The summed E-state index contributed by atoms with van der Waals surface area (Å²) in [4.78, 5) is 35.1. The molecule has 4 rings (SSSR count). The van der Waals surface area contributed by atoms with Gasteiger partial charge in [-0.15, -0.1) is 0 Å². The minimum absolute atomic E-state index is 0.0997. The first-order valence-corrected chi connectivity index (χ1v) is 11.4. The van der Waals surface area contributed by atoms with Crippen molar-refractivity contribution in [3.63, 3.8) is 0 Å². The zero-order chi connectivity index (χ0) is 22.1. The Morgan fingerprint density at radius 1 is 1.23 bits per heavy atom. The number of anilines is 1. The second-order valence-electron chi connectivity index (χ2n) is 8.45. The van der Waals surface area contributed by atoms with E-state index in [0.29, 0.717) is 42.2 Å². The highest BCUT2D eigenvalue weighted by Crippen LogP contribution is 2.36. The monoisotopic (exact) mass is 444 g/mol. The number of unbranched alkanes of at least 4 members (excludes halogenated alkanes) is 1. The van der Waals surface area contributed by atoms with Gasteiger partial charge in [-0.2, -0.15) is 4.98 Å². The van der Waals surface area contributed by atoms with E-state index in [2.05, 4.69) is 6.92 Å². The first-order chi connectivity index (χ1) is 14.9. The van der Waals surface area contributed by atoms with Gasteiger partial charge < -0.3 is 9.64 Å². The summed E-state index contributed by atoms with van der Waals surface area (Å²) < 4.78 is 7.83. The molecule has 1 fully saturated rings. The van der Waals surface area contributed by atoms with Gasteiger partial charge in [0.25, 0.3) is 17.8 Å². The van der Waals surface area contributed by atoms with E-state index in [-0.39, 0.29) is 24.0 Å². The number of carbonyl (C=O) groups excluding carboxylic acids is 2. The molecule has 2 aliphatic heterocycles. The van der Waals surface area contributed by atoms with E-state index in [0.717, 1.165) is 31.2 Å². The number of imide groups is 1. The van der Waals surface area contributed by atoms with Crippen LogP contribution in [-0.2, 0) is 11.3 Å². The number of rotatable bonds is 7. The number of hydrogen-bond donors (Lipinski definition) is 0. The van der Waals surface area contributed by atoms with Crippen LogP contribution in [0.5, 0.6) is 6.01 Å². The zero-order valence-corrected chi connectivity index (χ0v) is 19.1. The molecule has 2 aromatic rings. The quantitative estimate of drug-likeness (QED) is 0.601. The molecule has 0 unspecified atom stereocenters. The molecule has 0 bridgehead atoms. The molecule has 0 saturated carbocycles. The highest BCUT2D eigenvalue weighted by Gasteiger charge is 2.45. The highest BCUT2D eigenvalue weighted by molar-refractivity contribution is 6.30. The van der Waals surface area contributed by atoms with Gasteiger partial charge in [0, 0.05) is 18.1 Å². The van der Waals surface area contributed by atoms with Crippen molar-refractivity contribution >= 4 is 29.2 Å². The van der Waals surface area contributed by atoms with E-state index in [1.165, 1.54) is 4.90 Å². The number of nitrogens with zero attached hydrogens (tertiary/aromatic N) is 4. The summed E-state index contributed by atoms with van der Waals surface area (Å²) in [7, 11) is 0. The van der Waals surface area contributed by atoms with Crippen LogP contribution in [-0.4, -0.2) is 51.5 Å². The molecule has 1 saturated heterocycles. The molecular weight excluding hydrogens is 416 g/mol. The van der Waals surface area contributed by atoms with Crippen molar-refractivity contribution in [2.24, 2.45) is 0 Å². The third-order valence-corrected chi connectivity index (χ3v) is 6.02. The van der Waals surface area contributed by atoms with Gasteiger partial charge in [-0.25, -0.2) is 0 Å². The maximum atomic E-state index is 13.7. The van der Waals surface area contributed by atoms with Crippen LogP contribution >= 0.6 is 11.6 Å². The van der Waals surface area contributed by atoms with Crippen LogP contribution in [0.1, 0.15) is 62.5 Å². The van der Waals surface area contributed by atoms with E-state index < -0.39 is 0 Å². The molecule has 7 nitrogen and oxygen atoms in total. The Balaban J connectivity index is 1.84. The molecule has 1 aromatic carbocycles. The normalized spacial score (nSPS) is 18.4. The van der Waals surface area contributed by atoms with Crippen LogP contribution in [0.15, 0.2) is 24.3 Å². The Hall–Kier alpha value is -2.54. The van der Waals surface area contributed by atoms with Crippen LogP contribution in [0.3, 0.4) is 0 Å². The van der Waals surface area contributed by atoms with Crippen LogP contribution in [0, 0.1) is 0 Å². The average Bonchev–Trinajstić information content (AvgIpc) is 3.32. The highest BCUT2D eigenvalue weighted by atomic mass is 35.5. The summed E-state index contributed by atoms with van der Waals surface area (Å²) in [5.74, 6) is 0.158. The Kier molecular flexibility index (Phi) is 6.23. The first-order valence-electron chi connectivity index (χ1n) is 11.0. The summed E-state index contributed by atoms with van der Waals surface area (Å²) in [6.45, 7) is 7.46. The molecule has 0 spiro atoms. The largest absolute Gasteiger partial charge is 0.462 e. The second-order valence-corrected chi connectivity index (χ2v) is 8.88. The van der Waals surface area contributed by atoms with E-state index >= 15 is 0 Å². The Labute approximate surface area is 187 Å². The fourth-order valence-electron chi connectivity index (χ4n) is 4.26. The standard InChI is InChI=1S/C23H29ClN4O3/c1-4-5-12-27-21(29)18-7-6-13-26(18)20-19(22(27)30)28(23(25-20)31-15(2)3)14-16-8-10-17(24)11-9-16/h8-11,15,18H,4-7,12-14H2,1-3H3/t18-/m0/s1. The number of imidazole rings is 1. The van der Waals surface area contributed by atoms with Crippen LogP contribution < -0.4 is 9.64 Å². The molecule has 2 amide bonds. The average molecular weight is 445 g/mol. The molecule has 31 heavy (non-hydrogen) atoms. The molecule has 166 valence electrons. The Morgan fingerprint density at radius 2 is 1.97 bits per heavy atom. The second kappa shape index (κ2) is 8.91. The van der Waals surface area contributed by atoms with Gasteiger partial charge in [0.05, 0.1) is 12.6 Å². The third kappa shape index (κ3) is 4.15. The summed E-state index contributed by atoms with van der Waals surface area (Å²) in [6.07, 6.45) is 3.22. The lowest BCUT2D eigenvalue weighted by Gasteiger charge is -2.25. The summed E-state index contributed by atoms with van der Waals surface area (Å²) in [5, 5.41) is 0.652. The molecule has 1 aromatic heterocycles.